The van der Waals surface area contributed by atoms with Gasteiger partial charge in [-0.2, -0.15) is 0 Å². The van der Waals surface area contributed by atoms with Gasteiger partial charge in [-0.25, -0.2) is 0 Å². The van der Waals surface area contributed by atoms with Gasteiger partial charge in [-0.3, -0.25) is 0 Å². The Bertz CT molecular complexity index is 502. The molecule has 1 fully saturated rings. The summed E-state index contributed by atoms with van der Waals surface area (Å²) < 4.78 is 12.0. The van der Waals surface area contributed by atoms with Crippen LogP contribution in [0.25, 0.3) is 0 Å². The molecular formula is C20H32O2Si. The lowest BCUT2D eigenvalue weighted by molar-refractivity contribution is 0.109. The summed E-state index contributed by atoms with van der Waals surface area (Å²) in [6, 6.07) is 10.4. The van der Waals surface area contributed by atoms with Gasteiger partial charge in [0.2, 0.25) is 0 Å². The SMILES string of the molecule is CC(C)(C)[Si](C)(C)OC/C=C/[C@H]1C[C@@H]1COCc1ccccc1. The molecule has 0 amide bonds. The van der Waals surface area contributed by atoms with Crippen molar-refractivity contribution in [1.82, 2.24) is 0 Å². The zero-order valence-electron chi connectivity index (χ0n) is 15.3. The monoisotopic (exact) mass is 332 g/mol. The minimum Gasteiger partial charge on any atom is -0.413 e. The molecule has 0 aromatic heterocycles. The second-order valence-corrected chi connectivity index (χ2v) is 13.0. The Morgan fingerprint density at radius 2 is 1.87 bits per heavy atom. The summed E-state index contributed by atoms with van der Waals surface area (Å²) in [5, 5.41) is 0.286. The Hall–Kier alpha value is -0.903. The number of rotatable bonds is 8. The highest BCUT2D eigenvalue weighted by Crippen LogP contribution is 2.40. The number of benzene rings is 1. The van der Waals surface area contributed by atoms with Crippen LogP contribution < -0.4 is 0 Å². The molecule has 23 heavy (non-hydrogen) atoms. The van der Waals surface area contributed by atoms with Gasteiger partial charge >= 0.3 is 0 Å². The molecule has 2 nitrogen and oxygen atoms in total. The third-order valence-corrected chi connectivity index (χ3v) is 9.65. The van der Waals surface area contributed by atoms with Crippen molar-refractivity contribution < 1.29 is 9.16 Å². The number of ether oxygens (including phenoxy) is 1. The molecule has 1 aliphatic rings. The first-order valence-corrected chi connectivity index (χ1v) is 11.6. The van der Waals surface area contributed by atoms with E-state index in [1.54, 1.807) is 0 Å². The molecule has 2 atom stereocenters. The molecule has 0 saturated heterocycles. The molecule has 0 N–H and O–H groups in total. The van der Waals surface area contributed by atoms with Crippen LogP contribution in [-0.4, -0.2) is 21.5 Å². The van der Waals surface area contributed by atoms with Crippen LogP contribution in [0.5, 0.6) is 0 Å². The van der Waals surface area contributed by atoms with E-state index in [1.807, 2.05) is 6.07 Å². The van der Waals surface area contributed by atoms with Gasteiger partial charge < -0.3 is 9.16 Å². The van der Waals surface area contributed by atoms with E-state index in [-0.39, 0.29) is 5.04 Å². The summed E-state index contributed by atoms with van der Waals surface area (Å²) in [5.41, 5.74) is 1.25. The summed E-state index contributed by atoms with van der Waals surface area (Å²) in [6.45, 7) is 13.8. The van der Waals surface area contributed by atoms with Gasteiger partial charge in [-0.1, -0.05) is 63.3 Å². The van der Waals surface area contributed by atoms with Crippen LogP contribution in [0.2, 0.25) is 18.1 Å². The highest BCUT2D eigenvalue weighted by atomic mass is 28.4. The van der Waals surface area contributed by atoms with Crippen LogP contribution in [0, 0.1) is 11.8 Å². The number of allylic oxidation sites excluding steroid dienone is 1. The lowest BCUT2D eigenvalue weighted by Gasteiger charge is -2.35. The standard InChI is InChI=1S/C20H32O2Si/c1-20(2,3)23(4,5)22-13-9-12-18-14-19(18)16-21-15-17-10-7-6-8-11-17/h6-12,18-19H,13-16H2,1-5H3/b12-9+/t18-,19+/m0/s1. The molecule has 0 spiro atoms. The summed E-state index contributed by atoms with van der Waals surface area (Å²) in [4.78, 5) is 0. The molecule has 1 aromatic carbocycles. The van der Waals surface area contributed by atoms with Crippen molar-refractivity contribution in [1.29, 1.82) is 0 Å². The third-order valence-electron chi connectivity index (χ3n) is 5.15. The molecular weight excluding hydrogens is 300 g/mol. The second kappa shape index (κ2) is 7.78. The fraction of sp³-hybridized carbons (Fsp3) is 0.600. The Labute approximate surface area is 143 Å². The Balaban J connectivity index is 1.60. The first kappa shape index (κ1) is 18.4. The van der Waals surface area contributed by atoms with Gasteiger partial charge in [-0.15, -0.1) is 0 Å². The average Bonchev–Trinajstić information content (AvgIpc) is 3.22. The normalized spacial score (nSPS) is 21.8. The molecule has 1 saturated carbocycles. The highest BCUT2D eigenvalue weighted by Gasteiger charge is 2.37. The molecule has 0 bridgehead atoms. The molecule has 1 aromatic rings. The van der Waals surface area contributed by atoms with Gasteiger partial charge in [0.15, 0.2) is 8.32 Å². The van der Waals surface area contributed by atoms with Gasteiger partial charge in [0.1, 0.15) is 0 Å². The van der Waals surface area contributed by atoms with Crippen LogP contribution in [0.15, 0.2) is 42.5 Å². The van der Waals surface area contributed by atoms with Crippen molar-refractivity contribution in [2.24, 2.45) is 11.8 Å². The van der Waals surface area contributed by atoms with E-state index in [0.717, 1.165) is 19.8 Å². The first-order valence-electron chi connectivity index (χ1n) is 8.72. The maximum Gasteiger partial charge on any atom is 0.192 e. The van der Waals surface area contributed by atoms with Gasteiger partial charge in [0.25, 0.3) is 0 Å². The molecule has 0 radical (unpaired) electrons. The van der Waals surface area contributed by atoms with Gasteiger partial charge in [-0.05, 0) is 42.0 Å². The van der Waals surface area contributed by atoms with E-state index < -0.39 is 8.32 Å². The Kier molecular flexibility index (Phi) is 6.23. The van der Waals surface area contributed by atoms with Crippen molar-refractivity contribution in [3.8, 4) is 0 Å². The quantitative estimate of drug-likeness (QED) is 0.467. The maximum absolute atomic E-state index is 6.17. The lowest BCUT2D eigenvalue weighted by atomic mass is 10.2. The van der Waals surface area contributed by atoms with E-state index in [9.17, 15) is 0 Å². The average molecular weight is 333 g/mol. The van der Waals surface area contributed by atoms with E-state index in [0.29, 0.717) is 11.8 Å². The van der Waals surface area contributed by atoms with Crippen LogP contribution in [-0.2, 0) is 15.8 Å². The third kappa shape index (κ3) is 5.90. The van der Waals surface area contributed by atoms with Crippen LogP contribution in [0.3, 0.4) is 0 Å². The summed E-state index contributed by atoms with van der Waals surface area (Å²) in [7, 11) is -1.61. The largest absolute Gasteiger partial charge is 0.413 e. The van der Waals surface area contributed by atoms with Crippen LogP contribution >= 0.6 is 0 Å². The Morgan fingerprint density at radius 1 is 1.17 bits per heavy atom. The molecule has 2 rings (SSSR count). The number of hydrogen-bond donors (Lipinski definition) is 0. The first-order chi connectivity index (χ1) is 10.8. The van der Waals surface area contributed by atoms with Crippen molar-refractivity contribution >= 4 is 8.32 Å². The van der Waals surface area contributed by atoms with E-state index in [2.05, 4.69) is 70.3 Å². The number of hydrogen-bond acceptors (Lipinski definition) is 2. The second-order valence-electron chi connectivity index (χ2n) is 8.16. The molecule has 3 heteroatoms. The van der Waals surface area contributed by atoms with Gasteiger partial charge in [0.05, 0.1) is 19.8 Å². The predicted octanol–water partition coefficient (Wildman–Crippen LogP) is 5.42. The molecule has 1 aliphatic carbocycles. The van der Waals surface area contributed by atoms with E-state index in [1.165, 1.54) is 12.0 Å². The van der Waals surface area contributed by atoms with Crippen LogP contribution in [0.1, 0.15) is 32.8 Å². The zero-order chi connectivity index (χ0) is 16.9. The smallest absolute Gasteiger partial charge is 0.192 e. The van der Waals surface area contributed by atoms with Gasteiger partial charge in [0, 0.05) is 0 Å². The molecule has 0 unspecified atom stereocenters. The summed E-state index contributed by atoms with van der Waals surface area (Å²) in [5.74, 6) is 1.39. The van der Waals surface area contributed by atoms with Crippen molar-refractivity contribution in [3.63, 3.8) is 0 Å². The van der Waals surface area contributed by atoms with E-state index in [4.69, 9.17) is 9.16 Å². The summed E-state index contributed by atoms with van der Waals surface area (Å²) in [6.07, 6.45) is 5.79. The fourth-order valence-electron chi connectivity index (χ4n) is 2.30. The van der Waals surface area contributed by atoms with Crippen molar-refractivity contribution in [3.05, 3.63) is 48.0 Å². The van der Waals surface area contributed by atoms with Crippen molar-refractivity contribution in [2.45, 2.75) is 51.9 Å². The minimum atomic E-state index is -1.61. The predicted molar refractivity (Wildman–Crippen MR) is 100.0 cm³/mol. The molecule has 0 heterocycles. The zero-order valence-corrected chi connectivity index (χ0v) is 16.3. The van der Waals surface area contributed by atoms with Crippen LogP contribution in [0.4, 0.5) is 0 Å². The Morgan fingerprint density at radius 3 is 2.52 bits per heavy atom. The lowest BCUT2D eigenvalue weighted by Crippen LogP contribution is -2.40. The molecule has 0 aliphatic heterocycles. The van der Waals surface area contributed by atoms with E-state index >= 15 is 0 Å². The summed E-state index contributed by atoms with van der Waals surface area (Å²) >= 11 is 0. The highest BCUT2D eigenvalue weighted by molar-refractivity contribution is 6.74. The minimum absolute atomic E-state index is 0.286. The van der Waals surface area contributed by atoms with Crippen molar-refractivity contribution in [2.75, 3.05) is 13.2 Å². The maximum atomic E-state index is 6.17. The fourth-order valence-corrected chi connectivity index (χ4v) is 3.25. The topological polar surface area (TPSA) is 18.5 Å². The molecule has 128 valence electrons.